The molecule has 0 atom stereocenters. The van der Waals surface area contributed by atoms with Gasteiger partial charge in [0, 0.05) is 41.9 Å². The fraction of sp³-hybridized carbons (Fsp3) is 0.375. The van der Waals surface area contributed by atoms with E-state index in [0.29, 0.717) is 24.5 Å². The first-order valence-corrected chi connectivity index (χ1v) is 12.5. The highest BCUT2D eigenvalue weighted by Crippen LogP contribution is 2.32. The summed E-state index contributed by atoms with van der Waals surface area (Å²) in [7, 11) is -3.49. The molecule has 0 radical (unpaired) electrons. The number of carbonyl (C=O) groups is 1. The van der Waals surface area contributed by atoms with Gasteiger partial charge in [-0.3, -0.25) is 4.79 Å². The number of aromatic nitrogens is 1. The maximum absolute atomic E-state index is 13.8. The molecule has 3 heterocycles. The lowest BCUT2D eigenvalue weighted by atomic mass is 10.00. The molecule has 1 amide bonds. The van der Waals surface area contributed by atoms with Gasteiger partial charge in [-0.1, -0.05) is 0 Å². The first kappa shape index (κ1) is 21.2. The van der Waals surface area contributed by atoms with Crippen LogP contribution in [0, 0.1) is 12.7 Å². The van der Waals surface area contributed by atoms with E-state index in [9.17, 15) is 17.6 Å². The molecule has 1 N–H and O–H groups in total. The minimum atomic E-state index is -3.49. The van der Waals surface area contributed by atoms with Gasteiger partial charge in [0.2, 0.25) is 15.9 Å². The van der Waals surface area contributed by atoms with Gasteiger partial charge in [-0.25, -0.2) is 12.8 Å². The summed E-state index contributed by atoms with van der Waals surface area (Å²) in [6, 6.07) is 9.65. The second kappa shape index (κ2) is 8.01. The molecule has 2 aromatic carbocycles. The minimum Gasteiger partial charge on any atom is -0.358 e. The molecular formula is C24H26FN3O3S. The number of nitrogens with one attached hydrogen (secondary N) is 1. The number of hydrogen-bond donors (Lipinski definition) is 1. The zero-order chi connectivity index (χ0) is 22.5. The maximum Gasteiger partial charge on any atom is 0.243 e. The zero-order valence-corrected chi connectivity index (χ0v) is 18.8. The molecule has 3 aromatic rings. The average molecular weight is 456 g/mol. The predicted molar refractivity (Wildman–Crippen MR) is 122 cm³/mol. The second-order valence-electron chi connectivity index (χ2n) is 8.65. The van der Waals surface area contributed by atoms with Crippen molar-refractivity contribution in [1.82, 2.24) is 9.29 Å². The second-order valence-corrected chi connectivity index (χ2v) is 10.6. The monoisotopic (exact) mass is 455 g/mol. The molecule has 2 aliphatic heterocycles. The standard InChI is InChI=1S/C24H26FN3O3S/c1-16-20(21-14-18(25)6-8-22(21)26-16)15-24(29)28-12-4-5-17-13-19(7-9-23(17)28)32(30,31)27-10-2-3-11-27/h6-9,13-14,26H,2-5,10-12,15H2,1H3. The molecule has 6 nitrogen and oxygen atoms in total. The third kappa shape index (κ3) is 3.61. The number of fused-ring (bicyclic) bond motifs is 2. The van der Waals surface area contributed by atoms with Gasteiger partial charge in [0.1, 0.15) is 5.82 Å². The van der Waals surface area contributed by atoms with Crippen LogP contribution in [-0.4, -0.2) is 43.2 Å². The van der Waals surface area contributed by atoms with E-state index in [0.717, 1.165) is 59.1 Å². The van der Waals surface area contributed by atoms with Gasteiger partial charge in [0.15, 0.2) is 0 Å². The number of halogens is 1. The van der Waals surface area contributed by atoms with Crippen LogP contribution in [0.15, 0.2) is 41.3 Å². The smallest absolute Gasteiger partial charge is 0.243 e. The Labute approximate surface area is 187 Å². The lowest BCUT2D eigenvalue weighted by molar-refractivity contribution is -0.118. The van der Waals surface area contributed by atoms with Crippen molar-refractivity contribution in [1.29, 1.82) is 0 Å². The summed E-state index contributed by atoms with van der Waals surface area (Å²) in [5, 5.41) is 0.722. The van der Waals surface area contributed by atoms with E-state index >= 15 is 0 Å². The summed E-state index contributed by atoms with van der Waals surface area (Å²) in [5.41, 5.74) is 4.10. The molecule has 1 aromatic heterocycles. The number of amides is 1. The van der Waals surface area contributed by atoms with E-state index in [1.54, 1.807) is 33.5 Å². The lowest BCUT2D eigenvalue weighted by Crippen LogP contribution is -2.37. The van der Waals surface area contributed by atoms with Crippen molar-refractivity contribution in [3.63, 3.8) is 0 Å². The Hall–Kier alpha value is -2.71. The van der Waals surface area contributed by atoms with E-state index in [4.69, 9.17) is 0 Å². The largest absolute Gasteiger partial charge is 0.358 e. The van der Waals surface area contributed by atoms with E-state index in [1.807, 2.05) is 6.92 Å². The van der Waals surface area contributed by atoms with Crippen molar-refractivity contribution in [2.75, 3.05) is 24.5 Å². The predicted octanol–water partition coefficient (Wildman–Crippen LogP) is 3.92. The van der Waals surface area contributed by atoms with E-state index in [1.165, 1.54) is 12.1 Å². The topological polar surface area (TPSA) is 73.5 Å². The Bertz CT molecular complexity index is 1310. The summed E-state index contributed by atoms with van der Waals surface area (Å²) >= 11 is 0. The number of H-pyrrole nitrogens is 1. The van der Waals surface area contributed by atoms with Gasteiger partial charge in [0.05, 0.1) is 11.3 Å². The third-order valence-electron chi connectivity index (χ3n) is 6.58. The normalized spacial score (nSPS) is 17.1. The van der Waals surface area contributed by atoms with Crippen LogP contribution in [0.1, 0.15) is 36.1 Å². The number of sulfonamides is 1. The van der Waals surface area contributed by atoms with Crippen LogP contribution in [0.5, 0.6) is 0 Å². The molecule has 0 bridgehead atoms. The number of rotatable bonds is 4. The van der Waals surface area contributed by atoms with Crippen molar-refractivity contribution < 1.29 is 17.6 Å². The van der Waals surface area contributed by atoms with Crippen molar-refractivity contribution in [2.45, 2.75) is 43.9 Å². The van der Waals surface area contributed by atoms with E-state index in [-0.39, 0.29) is 18.1 Å². The third-order valence-corrected chi connectivity index (χ3v) is 8.48. The molecule has 1 fully saturated rings. The number of hydrogen-bond acceptors (Lipinski definition) is 3. The van der Waals surface area contributed by atoms with Crippen LogP contribution < -0.4 is 4.90 Å². The van der Waals surface area contributed by atoms with E-state index in [2.05, 4.69) is 4.98 Å². The van der Waals surface area contributed by atoms with Crippen molar-refractivity contribution in [2.24, 2.45) is 0 Å². The van der Waals surface area contributed by atoms with Crippen LogP contribution >= 0.6 is 0 Å². The van der Waals surface area contributed by atoms with Gasteiger partial charge < -0.3 is 9.88 Å². The molecule has 8 heteroatoms. The average Bonchev–Trinajstić information content (AvgIpc) is 3.42. The number of nitrogens with zero attached hydrogens (tertiary/aromatic N) is 2. The summed E-state index contributed by atoms with van der Waals surface area (Å²) in [4.78, 5) is 18.6. The van der Waals surface area contributed by atoms with Gasteiger partial charge in [-0.05, 0) is 80.1 Å². The highest BCUT2D eigenvalue weighted by atomic mass is 32.2. The minimum absolute atomic E-state index is 0.0747. The first-order valence-electron chi connectivity index (χ1n) is 11.0. The molecule has 0 saturated carbocycles. The van der Waals surface area contributed by atoms with Crippen molar-refractivity contribution in [3.05, 3.63) is 59.0 Å². The van der Waals surface area contributed by atoms with Gasteiger partial charge in [-0.2, -0.15) is 4.31 Å². The van der Waals surface area contributed by atoms with Crippen LogP contribution in [0.2, 0.25) is 0 Å². The quantitative estimate of drug-likeness (QED) is 0.648. The van der Waals surface area contributed by atoms with Crippen LogP contribution in [-0.2, 0) is 27.7 Å². The number of aromatic amines is 1. The van der Waals surface area contributed by atoms with Crippen LogP contribution in [0.25, 0.3) is 10.9 Å². The van der Waals surface area contributed by atoms with Crippen LogP contribution in [0.4, 0.5) is 10.1 Å². The lowest BCUT2D eigenvalue weighted by Gasteiger charge is -2.30. The number of benzene rings is 2. The van der Waals surface area contributed by atoms with Crippen molar-refractivity contribution >= 4 is 32.5 Å². The zero-order valence-electron chi connectivity index (χ0n) is 18.0. The Morgan fingerprint density at radius 3 is 2.62 bits per heavy atom. The highest BCUT2D eigenvalue weighted by Gasteiger charge is 2.30. The SMILES string of the molecule is Cc1[nH]c2ccc(F)cc2c1CC(=O)N1CCCc2cc(S(=O)(=O)N3CCCC3)ccc21. The van der Waals surface area contributed by atoms with Crippen molar-refractivity contribution in [3.8, 4) is 0 Å². The molecule has 5 rings (SSSR count). The Balaban J connectivity index is 1.44. The molecule has 168 valence electrons. The number of carbonyl (C=O) groups excluding carboxylic acids is 1. The first-order chi connectivity index (χ1) is 15.3. The maximum atomic E-state index is 13.8. The molecule has 0 aliphatic carbocycles. The van der Waals surface area contributed by atoms with Gasteiger partial charge in [0.25, 0.3) is 0 Å². The summed E-state index contributed by atoms with van der Waals surface area (Å²) in [6.07, 6.45) is 3.45. The summed E-state index contributed by atoms with van der Waals surface area (Å²) < 4.78 is 41.2. The Morgan fingerprint density at radius 1 is 1.06 bits per heavy atom. The Morgan fingerprint density at radius 2 is 1.84 bits per heavy atom. The van der Waals surface area contributed by atoms with E-state index < -0.39 is 10.0 Å². The molecular weight excluding hydrogens is 429 g/mol. The molecule has 0 spiro atoms. The summed E-state index contributed by atoms with van der Waals surface area (Å²) in [6.45, 7) is 3.60. The molecule has 2 aliphatic rings. The molecule has 0 unspecified atom stereocenters. The van der Waals surface area contributed by atoms with Crippen LogP contribution in [0.3, 0.4) is 0 Å². The fourth-order valence-corrected chi connectivity index (χ4v) is 6.47. The number of anilines is 1. The molecule has 32 heavy (non-hydrogen) atoms. The Kier molecular flexibility index (Phi) is 5.29. The molecule has 1 saturated heterocycles. The highest BCUT2D eigenvalue weighted by molar-refractivity contribution is 7.89. The summed E-state index contributed by atoms with van der Waals surface area (Å²) in [5.74, 6) is -0.408. The number of aryl methyl sites for hydroxylation is 2. The van der Waals surface area contributed by atoms with Gasteiger partial charge in [-0.15, -0.1) is 0 Å². The van der Waals surface area contributed by atoms with Gasteiger partial charge >= 0.3 is 0 Å². The fourth-order valence-electron chi connectivity index (χ4n) is 4.90.